The summed E-state index contributed by atoms with van der Waals surface area (Å²) in [7, 11) is 0. The van der Waals surface area contributed by atoms with E-state index in [0.717, 1.165) is 0 Å². The van der Waals surface area contributed by atoms with Crippen molar-refractivity contribution in [3.8, 4) is 0 Å². The number of aromatic nitrogens is 4. The van der Waals surface area contributed by atoms with E-state index in [-0.39, 0.29) is 28.4 Å². The highest BCUT2D eigenvalue weighted by Gasteiger charge is 2.36. The van der Waals surface area contributed by atoms with Gasteiger partial charge in [0.1, 0.15) is 11.8 Å². The van der Waals surface area contributed by atoms with Crippen molar-refractivity contribution >= 4 is 34.5 Å². The maximum atomic E-state index is 9.30. The van der Waals surface area contributed by atoms with Gasteiger partial charge in [-0.2, -0.15) is 0 Å². The van der Waals surface area contributed by atoms with E-state index in [1.807, 2.05) is 4.57 Å². The minimum Gasteiger partial charge on any atom is -0.395 e. The van der Waals surface area contributed by atoms with Crippen molar-refractivity contribution in [2.75, 3.05) is 6.61 Å². The summed E-state index contributed by atoms with van der Waals surface area (Å²) in [6.45, 7) is 0.0426. The highest BCUT2D eigenvalue weighted by molar-refractivity contribution is 8.00. The first kappa shape index (κ1) is 13.4. The number of aliphatic hydroxyl groups is 1. The fourth-order valence-electron chi connectivity index (χ4n) is 2.28. The molecule has 3 atom stereocenters. The van der Waals surface area contributed by atoms with Gasteiger partial charge in [0.25, 0.3) is 0 Å². The van der Waals surface area contributed by atoms with Gasteiger partial charge in [-0.1, -0.05) is 16.7 Å². The number of fused-ring (bicyclic) bond motifs is 1. The molecule has 0 amide bonds. The monoisotopic (exact) mass is 311 g/mol. The number of hydrogen-bond donors (Lipinski definition) is 1. The summed E-state index contributed by atoms with van der Waals surface area (Å²) in [6.07, 6.45) is 3.60. The largest absolute Gasteiger partial charge is 0.395 e. The van der Waals surface area contributed by atoms with Crippen LogP contribution in [0.25, 0.3) is 21.6 Å². The van der Waals surface area contributed by atoms with Crippen molar-refractivity contribution in [3.63, 3.8) is 0 Å². The van der Waals surface area contributed by atoms with Gasteiger partial charge in [0, 0.05) is 10.2 Å². The third-order valence-corrected chi connectivity index (χ3v) is 4.98. The molecule has 8 nitrogen and oxygen atoms in total. The summed E-state index contributed by atoms with van der Waals surface area (Å²) in [6, 6.07) is -0.256. The molecule has 1 fully saturated rings. The number of imidazole rings is 1. The summed E-state index contributed by atoms with van der Waals surface area (Å²) in [5.74, 6) is 0. The van der Waals surface area contributed by atoms with E-state index in [2.05, 4.69) is 25.0 Å². The molecule has 0 bridgehead atoms. The van der Waals surface area contributed by atoms with Crippen molar-refractivity contribution < 1.29 is 5.11 Å². The number of aliphatic hydroxyl groups excluding tert-OH is 1. The Labute approximate surface area is 122 Å². The highest BCUT2D eigenvalue weighted by atomic mass is 35.5. The molecule has 2 aromatic rings. The lowest BCUT2D eigenvalue weighted by molar-refractivity contribution is 0.289. The molecule has 1 aliphatic rings. The molecule has 0 aliphatic carbocycles. The Morgan fingerprint density at radius 2 is 2.40 bits per heavy atom. The van der Waals surface area contributed by atoms with E-state index in [1.54, 1.807) is 18.1 Å². The number of halogens is 1. The van der Waals surface area contributed by atoms with Crippen molar-refractivity contribution in [1.29, 1.82) is 0 Å². The molecule has 2 aromatic heterocycles. The average Bonchev–Trinajstić information content (AvgIpc) is 3.03. The fourth-order valence-corrected chi connectivity index (χ4v) is 3.88. The van der Waals surface area contributed by atoms with Crippen LogP contribution >= 0.6 is 23.4 Å². The maximum absolute atomic E-state index is 9.30. The molecule has 3 rings (SSSR count). The zero-order valence-electron chi connectivity index (χ0n) is 10.2. The van der Waals surface area contributed by atoms with Crippen LogP contribution in [-0.2, 0) is 0 Å². The fraction of sp³-hybridized carbons (Fsp3) is 0.500. The first-order valence-corrected chi connectivity index (χ1v) is 7.20. The Hall–Kier alpha value is -1.54. The predicted molar refractivity (Wildman–Crippen MR) is 75.4 cm³/mol. The van der Waals surface area contributed by atoms with Crippen LogP contribution in [0.15, 0.2) is 17.8 Å². The molecule has 20 heavy (non-hydrogen) atoms. The summed E-state index contributed by atoms with van der Waals surface area (Å²) in [5, 5.41) is 13.3. The molecule has 3 heterocycles. The molecule has 1 aliphatic heterocycles. The second-order valence-electron chi connectivity index (χ2n) is 4.33. The molecule has 1 N–H and O–H groups in total. The lowest BCUT2D eigenvalue weighted by Crippen LogP contribution is -2.14. The summed E-state index contributed by atoms with van der Waals surface area (Å²) in [4.78, 5) is 15.2. The minimum atomic E-state index is -0.256. The molecule has 0 spiro atoms. The van der Waals surface area contributed by atoms with Gasteiger partial charge in [-0.25, -0.2) is 15.0 Å². The van der Waals surface area contributed by atoms with Crippen LogP contribution in [0, 0.1) is 0 Å². The van der Waals surface area contributed by atoms with Crippen LogP contribution in [0.5, 0.6) is 0 Å². The predicted octanol–water partition coefficient (Wildman–Crippen LogP) is 2.15. The van der Waals surface area contributed by atoms with Crippen molar-refractivity contribution in [3.05, 3.63) is 28.3 Å². The highest BCUT2D eigenvalue weighted by Crippen LogP contribution is 2.44. The molecule has 0 aromatic carbocycles. The zero-order valence-corrected chi connectivity index (χ0v) is 11.7. The van der Waals surface area contributed by atoms with Gasteiger partial charge in [-0.3, -0.25) is 0 Å². The molecule has 0 unspecified atom stereocenters. The van der Waals surface area contributed by atoms with Gasteiger partial charge in [0.05, 0.1) is 24.3 Å². The molecule has 1 saturated heterocycles. The van der Waals surface area contributed by atoms with E-state index >= 15 is 0 Å². The Bertz CT molecular complexity index is 685. The number of thioether (sulfide) groups is 1. The first-order valence-electron chi connectivity index (χ1n) is 5.88. The summed E-state index contributed by atoms with van der Waals surface area (Å²) in [5.41, 5.74) is 9.79. The van der Waals surface area contributed by atoms with E-state index in [0.29, 0.717) is 17.6 Å². The molecule has 10 heteroatoms. The van der Waals surface area contributed by atoms with Crippen LogP contribution in [-0.4, -0.2) is 42.5 Å². The molecule has 0 radical (unpaired) electrons. The quantitative estimate of drug-likeness (QED) is 0.404. The normalized spacial score (nSPS) is 25.8. The van der Waals surface area contributed by atoms with Crippen molar-refractivity contribution in [2.24, 2.45) is 5.11 Å². The van der Waals surface area contributed by atoms with Crippen molar-refractivity contribution in [1.82, 2.24) is 19.5 Å². The first-order chi connectivity index (χ1) is 9.74. The lowest BCUT2D eigenvalue weighted by atomic mass is 10.2. The van der Waals surface area contributed by atoms with Gasteiger partial charge in [-0.15, -0.1) is 11.8 Å². The van der Waals surface area contributed by atoms with Gasteiger partial charge < -0.3 is 9.67 Å². The van der Waals surface area contributed by atoms with Crippen LogP contribution in [0.3, 0.4) is 0 Å². The van der Waals surface area contributed by atoms with Gasteiger partial charge in [-0.05, 0) is 12.0 Å². The molecular formula is C10H10ClN7OS. The molecular weight excluding hydrogens is 302 g/mol. The third kappa shape index (κ3) is 2.18. The van der Waals surface area contributed by atoms with E-state index in [1.165, 1.54) is 6.33 Å². The van der Waals surface area contributed by atoms with Crippen LogP contribution < -0.4 is 0 Å². The van der Waals surface area contributed by atoms with Crippen LogP contribution in [0.4, 0.5) is 0 Å². The van der Waals surface area contributed by atoms with Crippen molar-refractivity contribution in [2.45, 2.75) is 23.1 Å². The number of hydrogen-bond acceptors (Lipinski definition) is 6. The minimum absolute atomic E-state index is 0.0326. The summed E-state index contributed by atoms with van der Waals surface area (Å²) >= 11 is 7.52. The lowest BCUT2D eigenvalue weighted by Gasteiger charge is -2.16. The maximum Gasteiger partial charge on any atom is 0.165 e. The Morgan fingerprint density at radius 1 is 1.55 bits per heavy atom. The number of rotatable bonds is 3. The van der Waals surface area contributed by atoms with Crippen LogP contribution in [0.2, 0.25) is 5.15 Å². The zero-order chi connectivity index (χ0) is 14.1. The number of nitrogens with zero attached hydrogens (tertiary/aromatic N) is 7. The van der Waals surface area contributed by atoms with Crippen LogP contribution in [0.1, 0.15) is 11.8 Å². The molecule has 0 saturated carbocycles. The van der Waals surface area contributed by atoms with E-state index in [4.69, 9.17) is 17.1 Å². The Balaban J connectivity index is 2.05. The molecule has 104 valence electrons. The van der Waals surface area contributed by atoms with E-state index < -0.39 is 0 Å². The van der Waals surface area contributed by atoms with E-state index in [9.17, 15) is 5.11 Å². The van der Waals surface area contributed by atoms with Gasteiger partial charge in [0.2, 0.25) is 0 Å². The Morgan fingerprint density at radius 3 is 3.15 bits per heavy atom. The average molecular weight is 312 g/mol. The van der Waals surface area contributed by atoms with Gasteiger partial charge >= 0.3 is 0 Å². The standard InChI is InChI=1S/C10H10ClN7OS/c11-8-7-9(14-3-13-8)18(4-15-7)10-6(16-17-12)1-5(2-19)20-10/h3-6,10,19H,1-2H2/t5-,6-,10+/m0/s1. The SMILES string of the molecule is [N-]=[N+]=N[C@H]1C[C@@H](CO)S[C@H]1n1cnc2c(Cl)ncnc21. The van der Waals surface area contributed by atoms with Gasteiger partial charge in [0.15, 0.2) is 10.8 Å². The second-order valence-corrected chi connectivity index (χ2v) is 6.11. The third-order valence-electron chi connectivity index (χ3n) is 3.16. The smallest absolute Gasteiger partial charge is 0.165 e. The number of azide groups is 1. The second kappa shape index (κ2) is 5.45. The summed E-state index contributed by atoms with van der Waals surface area (Å²) < 4.78 is 1.82. The Kier molecular flexibility index (Phi) is 3.66. The topological polar surface area (TPSA) is 113 Å².